The number of carbonyl (C=O) groups excluding carboxylic acids is 1. The number of piperazine rings is 1. The largest absolute Gasteiger partial charge is 0.378 e. The minimum Gasteiger partial charge on any atom is -0.378 e. The van der Waals surface area contributed by atoms with Gasteiger partial charge in [0.1, 0.15) is 0 Å². The molecular formula is C20H28N6O. The number of hydrogen-bond acceptors (Lipinski definition) is 6. The summed E-state index contributed by atoms with van der Waals surface area (Å²) in [7, 11) is 6.07. The van der Waals surface area contributed by atoms with Crippen LogP contribution in [0.25, 0.3) is 0 Å². The van der Waals surface area contributed by atoms with Gasteiger partial charge in [-0.2, -0.15) is 0 Å². The van der Waals surface area contributed by atoms with E-state index in [2.05, 4.69) is 32.1 Å². The quantitative estimate of drug-likeness (QED) is 0.892. The summed E-state index contributed by atoms with van der Waals surface area (Å²) in [6.07, 6.45) is 0. The topological polar surface area (TPSA) is 64.6 Å². The fourth-order valence-electron chi connectivity index (χ4n) is 3.12. The van der Waals surface area contributed by atoms with Gasteiger partial charge in [0.25, 0.3) is 5.91 Å². The van der Waals surface area contributed by atoms with Gasteiger partial charge in [-0.15, -0.1) is 0 Å². The van der Waals surface area contributed by atoms with Crippen molar-refractivity contribution in [3.05, 3.63) is 41.2 Å². The second-order valence-corrected chi connectivity index (χ2v) is 7.26. The van der Waals surface area contributed by atoms with E-state index in [-0.39, 0.29) is 5.91 Å². The Balaban J connectivity index is 1.75. The van der Waals surface area contributed by atoms with E-state index in [4.69, 9.17) is 0 Å². The van der Waals surface area contributed by atoms with Crippen molar-refractivity contribution in [2.75, 3.05) is 62.4 Å². The van der Waals surface area contributed by atoms with Gasteiger partial charge >= 0.3 is 0 Å². The maximum atomic E-state index is 12.6. The first-order chi connectivity index (χ1) is 12.8. The van der Waals surface area contributed by atoms with Crippen LogP contribution in [0.1, 0.15) is 21.7 Å². The standard InChI is InChI=1S/C20H28N6O/c1-14-18(23-19(27)16-6-8-17(9-7-16)24(3)4)15(2)22-20(21-14)26-12-10-25(5)11-13-26/h6-9H,10-13H2,1-5H3,(H,23,27). The summed E-state index contributed by atoms with van der Waals surface area (Å²) < 4.78 is 0. The van der Waals surface area contributed by atoms with Gasteiger partial charge < -0.3 is 20.0 Å². The Hall–Kier alpha value is -2.67. The van der Waals surface area contributed by atoms with E-state index in [0.29, 0.717) is 11.3 Å². The van der Waals surface area contributed by atoms with Crippen LogP contribution in [-0.2, 0) is 0 Å². The molecule has 2 aromatic rings. The Morgan fingerprint density at radius 3 is 2.07 bits per heavy atom. The molecular weight excluding hydrogens is 340 g/mol. The molecule has 1 aliphatic heterocycles. The summed E-state index contributed by atoms with van der Waals surface area (Å²) in [4.78, 5) is 28.4. The lowest BCUT2D eigenvalue weighted by molar-refractivity contribution is 0.102. The maximum absolute atomic E-state index is 12.6. The Labute approximate surface area is 161 Å². The normalized spacial score (nSPS) is 14.9. The first-order valence-electron chi connectivity index (χ1n) is 9.22. The van der Waals surface area contributed by atoms with E-state index < -0.39 is 0 Å². The summed E-state index contributed by atoms with van der Waals surface area (Å²) in [6.45, 7) is 7.67. The molecule has 3 rings (SSSR count). The highest BCUT2D eigenvalue weighted by molar-refractivity contribution is 6.05. The minimum absolute atomic E-state index is 0.151. The Morgan fingerprint density at radius 1 is 1.00 bits per heavy atom. The van der Waals surface area contributed by atoms with Crippen molar-refractivity contribution in [2.24, 2.45) is 0 Å². The molecule has 144 valence electrons. The van der Waals surface area contributed by atoms with Crippen molar-refractivity contribution in [2.45, 2.75) is 13.8 Å². The van der Waals surface area contributed by atoms with Crippen molar-refractivity contribution in [1.29, 1.82) is 0 Å². The monoisotopic (exact) mass is 368 g/mol. The highest BCUT2D eigenvalue weighted by Crippen LogP contribution is 2.22. The van der Waals surface area contributed by atoms with Crippen molar-refractivity contribution >= 4 is 23.2 Å². The summed E-state index contributed by atoms with van der Waals surface area (Å²) in [5, 5.41) is 2.98. The van der Waals surface area contributed by atoms with Gasteiger partial charge in [-0.05, 0) is 45.2 Å². The molecule has 1 aromatic heterocycles. The van der Waals surface area contributed by atoms with Crippen LogP contribution in [0.4, 0.5) is 17.3 Å². The molecule has 0 aliphatic carbocycles. The van der Waals surface area contributed by atoms with Crippen LogP contribution in [0.5, 0.6) is 0 Å². The molecule has 1 aliphatic rings. The lowest BCUT2D eigenvalue weighted by Gasteiger charge is -2.32. The Morgan fingerprint density at radius 2 is 1.56 bits per heavy atom. The van der Waals surface area contributed by atoms with Crippen LogP contribution < -0.4 is 15.1 Å². The van der Waals surface area contributed by atoms with Crippen LogP contribution in [-0.4, -0.2) is 68.1 Å². The number of hydrogen-bond donors (Lipinski definition) is 1. The third kappa shape index (κ3) is 4.36. The fraction of sp³-hybridized carbons (Fsp3) is 0.450. The van der Waals surface area contributed by atoms with E-state index in [1.807, 2.05) is 57.1 Å². The van der Waals surface area contributed by atoms with Crippen molar-refractivity contribution < 1.29 is 4.79 Å². The SMILES string of the molecule is Cc1nc(N2CCN(C)CC2)nc(C)c1NC(=O)c1ccc(N(C)C)cc1. The summed E-state index contributed by atoms with van der Waals surface area (Å²) in [6, 6.07) is 7.52. The number of anilines is 3. The molecule has 0 radical (unpaired) electrons. The van der Waals surface area contributed by atoms with E-state index in [9.17, 15) is 4.79 Å². The summed E-state index contributed by atoms with van der Waals surface area (Å²) in [5.74, 6) is 0.592. The average molecular weight is 368 g/mol. The molecule has 1 aromatic carbocycles. The number of aromatic nitrogens is 2. The lowest BCUT2D eigenvalue weighted by atomic mass is 10.1. The van der Waals surface area contributed by atoms with Crippen LogP contribution in [0.3, 0.4) is 0 Å². The fourth-order valence-corrected chi connectivity index (χ4v) is 3.12. The zero-order valence-electron chi connectivity index (χ0n) is 16.8. The van der Waals surface area contributed by atoms with Crippen molar-refractivity contribution in [3.63, 3.8) is 0 Å². The average Bonchev–Trinajstić information content (AvgIpc) is 2.65. The van der Waals surface area contributed by atoms with Gasteiger partial charge in [0.2, 0.25) is 5.95 Å². The number of nitrogens with zero attached hydrogens (tertiary/aromatic N) is 5. The molecule has 0 bridgehead atoms. The lowest BCUT2D eigenvalue weighted by Crippen LogP contribution is -2.45. The number of carbonyl (C=O) groups is 1. The first kappa shape index (κ1) is 19.1. The van der Waals surface area contributed by atoms with E-state index in [1.54, 1.807) is 0 Å². The molecule has 2 heterocycles. The second kappa shape index (κ2) is 7.92. The predicted octanol–water partition coefficient (Wildman–Crippen LogP) is 2.16. The van der Waals surface area contributed by atoms with Crippen molar-refractivity contribution in [1.82, 2.24) is 14.9 Å². The highest BCUT2D eigenvalue weighted by atomic mass is 16.1. The smallest absolute Gasteiger partial charge is 0.255 e. The number of aryl methyl sites for hydroxylation is 2. The molecule has 7 nitrogen and oxygen atoms in total. The van der Waals surface area contributed by atoms with Crippen LogP contribution in [0.15, 0.2) is 24.3 Å². The number of amides is 1. The van der Waals surface area contributed by atoms with E-state index >= 15 is 0 Å². The number of rotatable bonds is 4. The van der Waals surface area contributed by atoms with Gasteiger partial charge in [0.15, 0.2) is 0 Å². The summed E-state index contributed by atoms with van der Waals surface area (Å²) >= 11 is 0. The minimum atomic E-state index is -0.151. The maximum Gasteiger partial charge on any atom is 0.255 e. The second-order valence-electron chi connectivity index (χ2n) is 7.26. The molecule has 1 fully saturated rings. The molecule has 1 amide bonds. The molecule has 0 saturated carbocycles. The third-order valence-electron chi connectivity index (χ3n) is 4.93. The highest BCUT2D eigenvalue weighted by Gasteiger charge is 2.19. The number of nitrogens with one attached hydrogen (secondary N) is 1. The van der Waals surface area contributed by atoms with Crippen LogP contribution in [0.2, 0.25) is 0 Å². The number of benzene rings is 1. The van der Waals surface area contributed by atoms with Crippen molar-refractivity contribution in [3.8, 4) is 0 Å². The van der Waals surface area contributed by atoms with Gasteiger partial charge in [-0.3, -0.25) is 4.79 Å². The van der Waals surface area contributed by atoms with Gasteiger partial charge in [0, 0.05) is 51.5 Å². The molecule has 7 heteroatoms. The molecule has 0 unspecified atom stereocenters. The molecule has 1 saturated heterocycles. The molecule has 0 spiro atoms. The van der Waals surface area contributed by atoms with Gasteiger partial charge in [0.05, 0.1) is 17.1 Å². The summed E-state index contributed by atoms with van der Waals surface area (Å²) in [5.41, 5.74) is 3.93. The molecule has 27 heavy (non-hydrogen) atoms. The molecule has 1 N–H and O–H groups in total. The first-order valence-corrected chi connectivity index (χ1v) is 9.22. The zero-order valence-corrected chi connectivity index (χ0v) is 16.8. The molecule has 0 atom stereocenters. The van der Waals surface area contributed by atoms with Crippen LogP contribution >= 0.6 is 0 Å². The third-order valence-corrected chi connectivity index (χ3v) is 4.93. The number of likely N-dealkylation sites (N-methyl/N-ethyl adjacent to an activating group) is 1. The van der Waals surface area contributed by atoms with Gasteiger partial charge in [-0.25, -0.2) is 9.97 Å². The Kier molecular flexibility index (Phi) is 5.60. The van der Waals surface area contributed by atoms with Crippen LogP contribution in [0, 0.1) is 13.8 Å². The Bertz CT molecular complexity index is 787. The zero-order chi connectivity index (χ0) is 19.6. The van der Waals surface area contributed by atoms with Gasteiger partial charge in [-0.1, -0.05) is 0 Å². The van der Waals surface area contributed by atoms with E-state index in [1.165, 1.54) is 0 Å². The van der Waals surface area contributed by atoms with E-state index in [0.717, 1.165) is 49.2 Å². The predicted molar refractivity (Wildman–Crippen MR) is 110 cm³/mol.